The van der Waals surface area contributed by atoms with E-state index in [9.17, 15) is 9.59 Å². The fourth-order valence-electron chi connectivity index (χ4n) is 3.58. The first-order valence-electron chi connectivity index (χ1n) is 9.39. The largest absolute Gasteiger partial charge is 0.368 e. The Hall–Kier alpha value is -2.60. The SMILES string of the molecule is Cc1ccc(Cn2nc(C)c(C=CC(=O)NC3(C(N)=O)CCCC3)c2Cl)cc1. The van der Waals surface area contributed by atoms with Crippen LogP contribution >= 0.6 is 11.6 Å². The molecule has 0 saturated heterocycles. The second kappa shape index (κ2) is 8.19. The predicted molar refractivity (Wildman–Crippen MR) is 110 cm³/mol. The molecule has 0 radical (unpaired) electrons. The fraction of sp³-hybridized carbons (Fsp3) is 0.381. The molecule has 0 atom stereocenters. The second-order valence-electron chi connectivity index (χ2n) is 7.41. The van der Waals surface area contributed by atoms with Crippen molar-refractivity contribution in [2.75, 3.05) is 0 Å². The summed E-state index contributed by atoms with van der Waals surface area (Å²) in [5, 5.41) is 7.73. The zero-order chi connectivity index (χ0) is 20.3. The minimum Gasteiger partial charge on any atom is -0.368 e. The third kappa shape index (κ3) is 4.28. The van der Waals surface area contributed by atoms with Crippen LogP contribution in [0, 0.1) is 13.8 Å². The number of halogens is 1. The molecule has 3 N–H and O–H groups in total. The second-order valence-corrected chi connectivity index (χ2v) is 7.77. The van der Waals surface area contributed by atoms with Gasteiger partial charge >= 0.3 is 0 Å². The van der Waals surface area contributed by atoms with Crippen molar-refractivity contribution in [2.45, 2.75) is 51.6 Å². The van der Waals surface area contributed by atoms with Gasteiger partial charge in [-0.2, -0.15) is 5.10 Å². The highest BCUT2D eigenvalue weighted by molar-refractivity contribution is 6.31. The first-order chi connectivity index (χ1) is 13.3. The molecule has 0 bridgehead atoms. The Morgan fingerprint density at radius 2 is 1.89 bits per heavy atom. The number of benzene rings is 1. The van der Waals surface area contributed by atoms with E-state index in [0.717, 1.165) is 24.1 Å². The van der Waals surface area contributed by atoms with Crippen molar-refractivity contribution in [3.8, 4) is 0 Å². The van der Waals surface area contributed by atoms with Crippen molar-refractivity contribution in [3.63, 3.8) is 0 Å². The van der Waals surface area contributed by atoms with Crippen LogP contribution in [0.25, 0.3) is 6.08 Å². The molecule has 1 saturated carbocycles. The maximum absolute atomic E-state index is 12.4. The Bertz CT molecular complexity index is 909. The number of aromatic nitrogens is 2. The number of nitrogens with zero attached hydrogens (tertiary/aromatic N) is 2. The molecule has 1 aliphatic carbocycles. The van der Waals surface area contributed by atoms with Crippen LogP contribution in [-0.2, 0) is 16.1 Å². The van der Waals surface area contributed by atoms with E-state index >= 15 is 0 Å². The van der Waals surface area contributed by atoms with Crippen LogP contribution < -0.4 is 11.1 Å². The van der Waals surface area contributed by atoms with Gasteiger partial charge in [-0.15, -0.1) is 0 Å². The Morgan fingerprint density at radius 3 is 2.50 bits per heavy atom. The molecule has 0 spiro atoms. The first kappa shape index (κ1) is 20.1. The molecule has 1 heterocycles. The van der Waals surface area contributed by atoms with Gasteiger partial charge in [-0.1, -0.05) is 54.3 Å². The summed E-state index contributed by atoms with van der Waals surface area (Å²) < 4.78 is 1.71. The molecule has 6 nitrogen and oxygen atoms in total. The van der Waals surface area contributed by atoms with E-state index in [2.05, 4.69) is 10.4 Å². The lowest BCUT2D eigenvalue weighted by atomic mass is 9.96. The number of hydrogen-bond acceptors (Lipinski definition) is 3. The lowest BCUT2D eigenvalue weighted by Gasteiger charge is -2.25. The lowest BCUT2D eigenvalue weighted by Crippen LogP contribution is -2.55. The fourth-order valence-corrected chi connectivity index (χ4v) is 3.87. The number of nitrogens with one attached hydrogen (secondary N) is 1. The van der Waals surface area contributed by atoms with Crippen LogP contribution in [0.3, 0.4) is 0 Å². The number of primary amides is 1. The molecule has 28 heavy (non-hydrogen) atoms. The van der Waals surface area contributed by atoms with Crippen molar-refractivity contribution in [3.05, 3.63) is 57.9 Å². The van der Waals surface area contributed by atoms with E-state index in [1.54, 1.807) is 10.8 Å². The summed E-state index contributed by atoms with van der Waals surface area (Å²) in [4.78, 5) is 24.1. The van der Waals surface area contributed by atoms with Gasteiger partial charge < -0.3 is 11.1 Å². The molecular formula is C21H25ClN4O2. The summed E-state index contributed by atoms with van der Waals surface area (Å²) in [5.74, 6) is -0.839. The molecule has 2 amide bonds. The quantitative estimate of drug-likeness (QED) is 0.730. The highest BCUT2D eigenvalue weighted by Crippen LogP contribution is 2.29. The molecule has 0 unspecified atom stereocenters. The topological polar surface area (TPSA) is 90.0 Å². The van der Waals surface area contributed by atoms with E-state index in [-0.39, 0.29) is 5.91 Å². The minimum atomic E-state index is -0.935. The smallest absolute Gasteiger partial charge is 0.244 e. The van der Waals surface area contributed by atoms with Gasteiger partial charge in [0.2, 0.25) is 11.8 Å². The molecule has 1 aliphatic rings. The average molecular weight is 401 g/mol. The third-order valence-electron chi connectivity index (χ3n) is 5.25. The van der Waals surface area contributed by atoms with Gasteiger partial charge in [0.25, 0.3) is 0 Å². The van der Waals surface area contributed by atoms with Crippen LogP contribution in [-0.4, -0.2) is 27.1 Å². The van der Waals surface area contributed by atoms with Gasteiger partial charge in [-0.25, -0.2) is 4.68 Å². The summed E-state index contributed by atoms with van der Waals surface area (Å²) >= 11 is 6.49. The molecule has 0 aliphatic heterocycles. The maximum Gasteiger partial charge on any atom is 0.244 e. The predicted octanol–water partition coefficient (Wildman–Crippen LogP) is 3.13. The number of carbonyl (C=O) groups is 2. The molecule has 2 aromatic rings. The number of nitrogens with two attached hydrogens (primary N) is 1. The summed E-state index contributed by atoms with van der Waals surface area (Å²) in [6.45, 7) is 4.43. The number of hydrogen-bond donors (Lipinski definition) is 2. The number of aryl methyl sites for hydroxylation is 2. The zero-order valence-electron chi connectivity index (χ0n) is 16.2. The van der Waals surface area contributed by atoms with E-state index in [1.165, 1.54) is 11.6 Å². The van der Waals surface area contributed by atoms with Gasteiger partial charge in [-0.3, -0.25) is 9.59 Å². The van der Waals surface area contributed by atoms with Crippen LogP contribution in [0.2, 0.25) is 5.15 Å². The molecule has 1 fully saturated rings. The molecule has 3 rings (SSSR count). The van der Waals surface area contributed by atoms with E-state index in [0.29, 0.717) is 30.1 Å². The van der Waals surface area contributed by atoms with Gasteiger partial charge in [0.15, 0.2) is 0 Å². The maximum atomic E-state index is 12.4. The molecule has 1 aromatic heterocycles. The van der Waals surface area contributed by atoms with Gasteiger partial charge in [-0.05, 0) is 38.3 Å². The Morgan fingerprint density at radius 1 is 1.25 bits per heavy atom. The average Bonchev–Trinajstić information content (AvgIpc) is 3.22. The van der Waals surface area contributed by atoms with Crippen LogP contribution in [0.5, 0.6) is 0 Å². The molecule has 148 valence electrons. The number of carbonyl (C=O) groups excluding carboxylic acids is 2. The van der Waals surface area contributed by atoms with Crippen molar-refractivity contribution in [1.82, 2.24) is 15.1 Å². The Labute approximate surface area is 169 Å². The van der Waals surface area contributed by atoms with Crippen molar-refractivity contribution in [1.29, 1.82) is 0 Å². The minimum absolute atomic E-state index is 0.359. The summed E-state index contributed by atoms with van der Waals surface area (Å²) in [7, 11) is 0. The third-order valence-corrected chi connectivity index (χ3v) is 5.65. The van der Waals surface area contributed by atoms with Gasteiger partial charge in [0.1, 0.15) is 10.7 Å². The Balaban J connectivity index is 1.73. The van der Waals surface area contributed by atoms with Crippen LogP contribution in [0.1, 0.15) is 48.1 Å². The van der Waals surface area contributed by atoms with Gasteiger partial charge in [0, 0.05) is 11.6 Å². The van der Waals surface area contributed by atoms with E-state index in [1.807, 2.05) is 38.1 Å². The van der Waals surface area contributed by atoms with Crippen LogP contribution in [0.15, 0.2) is 30.3 Å². The highest BCUT2D eigenvalue weighted by atomic mass is 35.5. The lowest BCUT2D eigenvalue weighted by molar-refractivity contribution is -0.129. The number of rotatable bonds is 6. The summed E-state index contributed by atoms with van der Waals surface area (Å²) in [6, 6.07) is 8.16. The van der Waals surface area contributed by atoms with Gasteiger partial charge in [0.05, 0.1) is 12.2 Å². The first-order valence-corrected chi connectivity index (χ1v) is 9.77. The number of amides is 2. The molecule has 1 aromatic carbocycles. The van der Waals surface area contributed by atoms with Crippen molar-refractivity contribution >= 4 is 29.5 Å². The van der Waals surface area contributed by atoms with Crippen LogP contribution in [0.4, 0.5) is 0 Å². The standard InChI is InChI=1S/C21H25ClN4O2/c1-14-5-7-16(8-6-14)13-26-19(22)17(15(2)25-26)9-10-18(27)24-21(20(23)28)11-3-4-12-21/h5-10H,3-4,11-13H2,1-2H3,(H2,23,28)(H,24,27). The zero-order valence-corrected chi connectivity index (χ0v) is 16.9. The van der Waals surface area contributed by atoms with E-state index < -0.39 is 11.4 Å². The summed E-state index contributed by atoms with van der Waals surface area (Å²) in [6.07, 6.45) is 5.93. The Kier molecular flexibility index (Phi) is 5.89. The van der Waals surface area contributed by atoms with E-state index in [4.69, 9.17) is 17.3 Å². The summed E-state index contributed by atoms with van der Waals surface area (Å²) in [5.41, 5.74) is 8.27. The van der Waals surface area contributed by atoms with Crippen molar-refractivity contribution < 1.29 is 9.59 Å². The van der Waals surface area contributed by atoms with Crippen molar-refractivity contribution in [2.24, 2.45) is 5.73 Å². The normalized spacial score (nSPS) is 15.8. The molecular weight excluding hydrogens is 376 g/mol. The molecule has 7 heteroatoms. The monoisotopic (exact) mass is 400 g/mol. The highest BCUT2D eigenvalue weighted by Gasteiger charge is 2.40.